The molecule has 2 aromatic carbocycles. The van der Waals surface area contributed by atoms with Crippen molar-refractivity contribution in [1.82, 2.24) is 0 Å². The van der Waals surface area contributed by atoms with Gasteiger partial charge in [0.2, 0.25) is 0 Å². The topological polar surface area (TPSA) is 21.6 Å². The van der Waals surface area contributed by atoms with Crippen molar-refractivity contribution >= 4 is 6.21 Å². The molecule has 4 heteroatoms. The smallest absolute Gasteiger partial charge is 0.263 e. The van der Waals surface area contributed by atoms with Crippen LogP contribution in [0.4, 0.5) is 8.78 Å². The summed E-state index contributed by atoms with van der Waals surface area (Å²) in [5.41, 5.74) is 3.04. The third kappa shape index (κ3) is 4.38. The number of nitrogens with zero attached hydrogens (tertiary/aromatic N) is 1. The molecule has 0 fully saturated rings. The lowest BCUT2D eigenvalue weighted by molar-refractivity contribution is 0.131. The first-order valence-corrected chi connectivity index (χ1v) is 6.81. The van der Waals surface area contributed by atoms with Crippen LogP contribution < -0.4 is 0 Å². The number of hydrogen-bond donors (Lipinski definition) is 0. The minimum absolute atomic E-state index is 0.0131. The van der Waals surface area contributed by atoms with Crippen molar-refractivity contribution in [3.63, 3.8) is 0 Å². The molecule has 0 N–H and O–H groups in total. The Balaban J connectivity index is 1.90. The number of halogens is 2. The van der Waals surface area contributed by atoms with Crippen LogP contribution in [0.15, 0.2) is 53.7 Å². The van der Waals surface area contributed by atoms with Gasteiger partial charge in [0.25, 0.3) is 6.43 Å². The Morgan fingerprint density at radius 1 is 1.10 bits per heavy atom. The number of benzene rings is 2. The minimum Gasteiger partial charge on any atom is -0.391 e. The lowest BCUT2D eigenvalue weighted by atomic mass is 10.1. The van der Waals surface area contributed by atoms with E-state index in [-0.39, 0.29) is 12.2 Å². The Morgan fingerprint density at radius 2 is 1.81 bits per heavy atom. The fourth-order valence-electron chi connectivity index (χ4n) is 1.95. The quantitative estimate of drug-likeness (QED) is 0.556. The summed E-state index contributed by atoms with van der Waals surface area (Å²) < 4.78 is 24.8. The molecular formula is C17H17F2NO. The van der Waals surface area contributed by atoms with Crippen LogP contribution in [0.3, 0.4) is 0 Å². The van der Waals surface area contributed by atoms with Crippen molar-refractivity contribution in [2.45, 2.75) is 26.4 Å². The summed E-state index contributed by atoms with van der Waals surface area (Å²) >= 11 is 0. The molecule has 0 aromatic heterocycles. The van der Waals surface area contributed by atoms with Crippen LogP contribution in [0.2, 0.25) is 0 Å². The fourth-order valence-corrected chi connectivity index (χ4v) is 1.95. The third-order valence-corrected chi connectivity index (χ3v) is 3.17. The highest BCUT2D eigenvalue weighted by Gasteiger charge is 2.05. The van der Waals surface area contributed by atoms with Gasteiger partial charge < -0.3 is 4.84 Å². The first-order chi connectivity index (χ1) is 10.2. The molecule has 2 nitrogen and oxygen atoms in total. The zero-order chi connectivity index (χ0) is 15.1. The van der Waals surface area contributed by atoms with Crippen molar-refractivity contribution in [2.75, 3.05) is 0 Å². The highest BCUT2D eigenvalue weighted by molar-refractivity contribution is 5.81. The molecule has 0 radical (unpaired) electrons. The predicted molar refractivity (Wildman–Crippen MR) is 79.6 cm³/mol. The van der Waals surface area contributed by atoms with E-state index in [9.17, 15) is 8.78 Å². The van der Waals surface area contributed by atoms with Gasteiger partial charge in [0.15, 0.2) is 0 Å². The second-order valence-corrected chi connectivity index (χ2v) is 4.60. The molecule has 0 saturated heterocycles. The molecule has 0 aliphatic carbocycles. The molecule has 0 saturated carbocycles. The average molecular weight is 289 g/mol. The van der Waals surface area contributed by atoms with Crippen LogP contribution in [0.25, 0.3) is 0 Å². The van der Waals surface area contributed by atoms with E-state index in [1.54, 1.807) is 18.3 Å². The Bertz CT molecular complexity index is 594. The van der Waals surface area contributed by atoms with Crippen LogP contribution in [0, 0.1) is 0 Å². The predicted octanol–water partition coefficient (Wildman–Crippen LogP) is 4.74. The molecule has 21 heavy (non-hydrogen) atoms. The average Bonchev–Trinajstić information content (AvgIpc) is 2.52. The van der Waals surface area contributed by atoms with Crippen LogP contribution in [0.5, 0.6) is 0 Å². The SMILES string of the molecule is CCc1ccccc1C=NOCc1ccc(C(F)F)cc1. The van der Waals surface area contributed by atoms with Gasteiger partial charge in [-0.1, -0.05) is 60.6 Å². The van der Waals surface area contributed by atoms with Crippen molar-refractivity contribution in [1.29, 1.82) is 0 Å². The molecule has 0 amide bonds. The standard InChI is InChI=1S/C17H17F2NO/c1-2-14-5-3-4-6-16(14)11-20-21-12-13-7-9-15(10-8-13)17(18)19/h3-11,17H,2,12H2,1H3. The maximum atomic E-state index is 12.4. The summed E-state index contributed by atoms with van der Waals surface area (Å²) in [7, 11) is 0. The van der Waals surface area contributed by atoms with E-state index in [4.69, 9.17) is 4.84 Å². The summed E-state index contributed by atoms with van der Waals surface area (Å²) in [5, 5.41) is 3.93. The van der Waals surface area contributed by atoms with E-state index >= 15 is 0 Å². The van der Waals surface area contributed by atoms with Crippen molar-refractivity contribution in [2.24, 2.45) is 5.16 Å². The molecule has 0 heterocycles. The summed E-state index contributed by atoms with van der Waals surface area (Å²) in [6.07, 6.45) is 0.160. The highest BCUT2D eigenvalue weighted by atomic mass is 19.3. The number of oxime groups is 1. The zero-order valence-electron chi connectivity index (χ0n) is 11.8. The first kappa shape index (κ1) is 15.2. The van der Waals surface area contributed by atoms with Gasteiger partial charge in [-0.3, -0.25) is 0 Å². The normalized spacial score (nSPS) is 11.2. The van der Waals surface area contributed by atoms with Crippen LogP contribution in [0.1, 0.15) is 35.6 Å². The van der Waals surface area contributed by atoms with Gasteiger partial charge in [-0.25, -0.2) is 8.78 Å². The van der Waals surface area contributed by atoms with Gasteiger partial charge in [-0.2, -0.15) is 0 Å². The van der Waals surface area contributed by atoms with E-state index < -0.39 is 6.43 Å². The molecule has 0 unspecified atom stereocenters. The van der Waals surface area contributed by atoms with Gasteiger partial charge >= 0.3 is 0 Å². The van der Waals surface area contributed by atoms with Crippen molar-refractivity contribution in [3.05, 3.63) is 70.8 Å². The summed E-state index contributed by atoms with van der Waals surface area (Å²) in [6, 6.07) is 14.0. The number of alkyl halides is 2. The maximum Gasteiger partial charge on any atom is 0.263 e. The van der Waals surface area contributed by atoms with E-state index in [0.717, 1.165) is 17.5 Å². The second-order valence-electron chi connectivity index (χ2n) is 4.60. The zero-order valence-corrected chi connectivity index (χ0v) is 11.8. The molecule has 0 spiro atoms. The van der Waals surface area contributed by atoms with E-state index in [2.05, 4.69) is 12.1 Å². The molecule has 0 bridgehead atoms. The Kier molecular flexibility index (Phi) is 5.43. The van der Waals surface area contributed by atoms with E-state index in [0.29, 0.717) is 0 Å². The maximum absolute atomic E-state index is 12.4. The molecule has 110 valence electrons. The summed E-state index contributed by atoms with van der Waals surface area (Å²) in [4.78, 5) is 5.21. The van der Waals surface area contributed by atoms with Gasteiger partial charge in [-0.05, 0) is 23.1 Å². The molecular weight excluding hydrogens is 272 g/mol. The molecule has 2 rings (SSSR count). The Morgan fingerprint density at radius 3 is 2.48 bits per heavy atom. The van der Waals surface area contributed by atoms with E-state index in [1.807, 2.05) is 24.3 Å². The number of hydrogen-bond acceptors (Lipinski definition) is 2. The van der Waals surface area contributed by atoms with Crippen molar-refractivity contribution < 1.29 is 13.6 Å². The lowest BCUT2D eigenvalue weighted by Crippen LogP contribution is -1.92. The van der Waals surface area contributed by atoms with Crippen LogP contribution >= 0.6 is 0 Å². The molecule has 0 aliphatic rings. The number of aryl methyl sites for hydroxylation is 1. The molecule has 0 aliphatic heterocycles. The monoisotopic (exact) mass is 289 g/mol. The van der Waals surface area contributed by atoms with Gasteiger partial charge in [0, 0.05) is 5.56 Å². The van der Waals surface area contributed by atoms with E-state index in [1.165, 1.54) is 17.7 Å². The number of rotatable bonds is 6. The van der Waals surface area contributed by atoms with Crippen LogP contribution in [-0.4, -0.2) is 6.21 Å². The molecule has 2 aromatic rings. The first-order valence-electron chi connectivity index (χ1n) is 6.81. The van der Waals surface area contributed by atoms with Crippen LogP contribution in [-0.2, 0) is 17.9 Å². The second kappa shape index (κ2) is 7.53. The fraction of sp³-hybridized carbons (Fsp3) is 0.235. The highest BCUT2D eigenvalue weighted by Crippen LogP contribution is 2.18. The minimum atomic E-state index is -2.44. The Labute approximate surface area is 123 Å². The van der Waals surface area contributed by atoms with Gasteiger partial charge in [0.1, 0.15) is 6.61 Å². The summed E-state index contributed by atoms with van der Waals surface area (Å²) in [6.45, 7) is 2.34. The Hall–Kier alpha value is -2.23. The summed E-state index contributed by atoms with van der Waals surface area (Å²) in [5.74, 6) is 0. The lowest BCUT2D eigenvalue weighted by Gasteiger charge is -2.03. The molecule has 0 atom stereocenters. The largest absolute Gasteiger partial charge is 0.391 e. The van der Waals surface area contributed by atoms with Gasteiger partial charge in [-0.15, -0.1) is 0 Å². The van der Waals surface area contributed by atoms with Crippen molar-refractivity contribution in [3.8, 4) is 0 Å². The third-order valence-electron chi connectivity index (χ3n) is 3.17. The van der Waals surface area contributed by atoms with Gasteiger partial charge in [0.05, 0.1) is 6.21 Å².